The highest BCUT2D eigenvalue weighted by atomic mass is 16.4. The van der Waals surface area contributed by atoms with Gasteiger partial charge in [0.05, 0.1) is 11.7 Å². The number of fused-ring (bicyclic) bond motifs is 1. The summed E-state index contributed by atoms with van der Waals surface area (Å²) in [7, 11) is 3.92. The molecule has 6 heteroatoms. The second kappa shape index (κ2) is 10.7. The first-order chi connectivity index (χ1) is 18.3. The third kappa shape index (κ3) is 6.07. The Hall–Kier alpha value is -3.90. The van der Waals surface area contributed by atoms with Gasteiger partial charge in [0.15, 0.2) is 0 Å². The van der Waals surface area contributed by atoms with E-state index in [0.717, 1.165) is 40.9 Å². The van der Waals surface area contributed by atoms with Crippen molar-refractivity contribution < 1.29 is 19.8 Å². The van der Waals surface area contributed by atoms with Crippen LogP contribution in [0.3, 0.4) is 0 Å². The summed E-state index contributed by atoms with van der Waals surface area (Å²) >= 11 is 0. The number of benzene rings is 3. The van der Waals surface area contributed by atoms with Crippen molar-refractivity contribution in [2.45, 2.75) is 57.5 Å². The molecule has 3 aromatic carbocycles. The molecule has 0 spiro atoms. The fourth-order valence-electron chi connectivity index (χ4n) is 5.24. The second-order valence-electron chi connectivity index (χ2n) is 11.9. The number of aliphatic hydroxyl groups is 1. The van der Waals surface area contributed by atoms with E-state index in [-0.39, 0.29) is 22.3 Å². The van der Waals surface area contributed by atoms with E-state index < -0.39 is 12.1 Å². The fraction of sp³-hybridized carbons (Fsp3) is 0.333. The summed E-state index contributed by atoms with van der Waals surface area (Å²) in [6.45, 7) is 8.84. The van der Waals surface area contributed by atoms with Crippen LogP contribution in [0.25, 0.3) is 6.08 Å². The number of aromatic carboxylic acids is 1. The van der Waals surface area contributed by atoms with Gasteiger partial charge in [-0.15, -0.1) is 0 Å². The molecule has 204 valence electrons. The first kappa shape index (κ1) is 28.1. The van der Waals surface area contributed by atoms with Crippen LogP contribution in [-0.4, -0.2) is 36.2 Å². The Bertz CT molecular complexity index is 1400. The van der Waals surface area contributed by atoms with Crippen molar-refractivity contribution in [1.29, 1.82) is 0 Å². The number of carboxylic acid groups (broad SMARTS) is 1. The number of aliphatic hydroxyl groups excluding tert-OH is 1. The van der Waals surface area contributed by atoms with Crippen molar-refractivity contribution >= 4 is 29.3 Å². The van der Waals surface area contributed by atoms with Crippen molar-refractivity contribution in [3.63, 3.8) is 0 Å². The number of amides is 1. The quantitative estimate of drug-likeness (QED) is 0.315. The van der Waals surface area contributed by atoms with Gasteiger partial charge in [0.2, 0.25) is 0 Å². The lowest BCUT2D eigenvalue weighted by Gasteiger charge is -2.43. The summed E-state index contributed by atoms with van der Waals surface area (Å²) in [5, 5.41) is 23.5. The van der Waals surface area contributed by atoms with Crippen molar-refractivity contribution in [3.05, 3.63) is 100 Å². The number of hydrogen-bond donors (Lipinski definition) is 3. The highest BCUT2D eigenvalue weighted by Gasteiger charge is 2.39. The Morgan fingerprint density at radius 2 is 1.49 bits per heavy atom. The normalized spacial score (nSPS) is 16.4. The fourth-order valence-corrected chi connectivity index (χ4v) is 5.24. The lowest BCUT2D eigenvalue weighted by Crippen LogP contribution is -2.35. The number of hydrogen-bond acceptors (Lipinski definition) is 4. The average Bonchev–Trinajstić information content (AvgIpc) is 2.89. The molecule has 1 amide bonds. The van der Waals surface area contributed by atoms with E-state index in [4.69, 9.17) is 5.11 Å². The minimum atomic E-state index is -0.978. The van der Waals surface area contributed by atoms with Crippen LogP contribution in [-0.2, 0) is 10.8 Å². The Balaban J connectivity index is 1.71. The van der Waals surface area contributed by atoms with Crippen LogP contribution in [0.5, 0.6) is 0 Å². The second-order valence-corrected chi connectivity index (χ2v) is 11.9. The summed E-state index contributed by atoms with van der Waals surface area (Å²) < 4.78 is 0. The van der Waals surface area contributed by atoms with Gasteiger partial charge >= 0.3 is 5.97 Å². The number of anilines is 2. The molecule has 3 aromatic rings. The number of rotatable bonds is 7. The molecular weight excluding hydrogens is 488 g/mol. The molecule has 0 aromatic heterocycles. The van der Waals surface area contributed by atoms with Crippen LogP contribution < -0.4 is 10.2 Å². The van der Waals surface area contributed by atoms with E-state index in [1.807, 2.05) is 49.3 Å². The van der Waals surface area contributed by atoms with Crippen LogP contribution in [0.15, 0.2) is 66.7 Å². The molecule has 1 aliphatic rings. The molecule has 39 heavy (non-hydrogen) atoms. The SMILES string of the molecule is CN(C)c1ccc(C(=O)Nc2cc(C(O)C=Cc3ccc(C(=O)O)cc3)cc3c2C(C)(C)CCC3(C)C)cc1. The maximum absolute atomic E-state index is 13.4. The monoisotopic (exact) mass is 526 g/mol. The minimum absolute atomic E-state index is 0.121. The zero-order chi connectivity index (χ0) is 28.5. The summed E-state index contributed by atoms with van der Waals surface area (Å²) in [4.78, 5) is 26.5. The molecular formula is C33H38N2O4. The van der Waals surface area contributed by atoms with Crippen LogP contribution in [0.2, 0.25) is 0 Å². The number of nitrogens with zero attached hydrogens (tertiary/aromatic N) is 1. The molecule has 4 rings (SSSR count). The smallest absolute Gasteiger partial charge is 0.335 e. The van der Waals surface area contributed by atoms with Crippen molar-refractivity contribution in [2.75, 3.05) is 24.3 Å². The van der Waals surface area contributed by atoms with E-state index >= 15 is 0 Å². The molecule has 1 atom stereocenters. The first-order valence-corrected chi connectivity index (χ1v) is 13.3. The molecule has 0 fully saturated rings. The lowest BCUT2D eigenvalue weighted by molar-refractivity contribution is 0.0696. The molecule has 6 nitrogen and oxygen atoms in total. The van der Waals surface area contributed by atoms with Crippen molar-refractivity contribution in [1.82, 2.24) is 0 Å². The highest BCUT2D eigenvalue weighted by Crippen LogP contribution is 2.49. The average molecular weight is 527 g/mol. The molecule has 1 unspecified atom stereocenters. The lowest BCUT2D eigenvalue weighted by atomic mass is 9.62. The Kier molecular flexibility index (Phi) is 7.71. The van der Waals surface area contributed by atoms with Gasteiger partial charge in [-0.05, 0) is 88.4 Å². The Morgan fingerprint density at radius 1 is 0.897 bits per heavy atom. The third-order valence-electron chi connectivity index (χ3n) is 7.81. The summed E-state index contributed by atoms with van der Waals surface area (Å²) in [6, 6.07) is 17.9. The van der Waals surface area contributed by atoms with Crippen LogP contribution in [0.1, 0.15) is 89.6 Å². The number of nitrogens with one attached hydrogen (secondary N) is 1. The van der Waals surface area contributed by atoms with E-state index in [2.05, 4.69) is 39.1 Å². The van der Waals surface area contributed by atoms with Crippen LogP contribution >= 0.6 is 0 Å². The van der Waals surface area contributed by atoms with Gasteiger partial charge in [-0.25, -0.2) is 4.79 Å². The van der Waals surface area contributed by atoms with Gasteiger partial charge in [0.25, 0.3) is 5.91 Å². The van der Waals surface area contributed by atoms with E-state index in [9.17, 15) is 14.7 Å². The molecule has 1 aliphatic carbocycles. The van der Waals surface area contributed by atoms with Crippen LogP contribution in [0, 0.1) is 0 Å². The minimum Gasteiger partial charge on any atom is -0.478 e. The summed E-state index contributed by atoms with van der Waals surface area (Å²) in [6.07, 6.45) is 4.53. The maximum atomic E-state index is 13.4. The molecule has 0 saturated heterocycles. The highest BCUT2D eigenvalue weighted by molar-refractivity contribution is 6.05. The number of carbonyl (C=O) groups excluding carboxylic acids is 1. The number of carboxylic acids is 1. The van der Waals surface area contributed by atoms with Crippen molar-refractivity contribution in [3.8, 4) is 0 Å². The maximum Gasteiger partial charge on any atom is 0.335 e. The molecule has 3 N–H and O–H groups in total. The van der Waals surface area contributed by atoms with Gasteiger partial charge in [0.1, 0.15) is 0 Å². The predicted octanol–water partition coefficient (Wildman–Crippen LogP) is 6.80. The largest absolute Gasteiger partial charge is 0.478 e. The summed E-state index contributed by atoms with van der Waals surface area (Å²) in [5.41, 5.74) is 5.97. The van der Waals surface area contributed by atoms with Gasteiger partial charge in [-0.3, -0.25) is 4.79 Å². The van der Waals surface area contributed by atoms with Gasteiger partial charge in [0, 0.05) is 31.0 Å². The van der Waals surface area contributed by atoms with E-state index in [1.54, 1.807) is 24.3 Å². The van der Waals surface area contributed by atoms with Gasteiger partial charge in [-0.2, -0.15) is 0 Å². The topological polar surface area (TPSA) is 89.9 Å². The third-order valence-corrected chi connectivity index (χ3v) is 7.81. The zero-order valence-corrected chi connectivity index (χ0v) is 23.6. The Morgan fingerprint density at radius 3 is 2.08 bits per heavy atom. The first-order valence-electron chi connectivity index (χ1n) is 13.3. The molecule has 0 saturated carbocycles. The van der Waals surface area contributed by atoms with Crippen molar-refractivity contribution in [2.24, 2.45) is 0 Å². The predicted molar refractivity (Wildman–Crippen MR) is 158 cm³/mol. The standard InChI is InChI=1S/C33H38N2O4/c1-32(2)17-18-33(3,4)29-26(32)19-24(28(36)16-9-21-7-10-23(11-8-21)31(38)39)20-27(29)34-30(37)22-12-14-25(15-13-22)35(5)6/h7-16,19-20,28,36H,17-18H2,1-6H3,(H,34,37)(H,38,39). The molecule has 0 heterocycles. The molecule has 0 bridgehead atoms. The van der Waals surface area contributed by atoms with Crippen LogP contribution in [0.4, 0.5) is 11.4 Å². The zero-order valence-electron chi connectivity index (χ0n) is 23.6. The number of carbonyl (C=O) groups is 2. The molecule has 0 aliphatic heterocycles. The van der Waals surface area contributed by atoms with Gasteiger partial charge < -0.3 is 20.4 Å². The van der Waals surface area contributed by atoms with E-state index in [0.29, 0.717) is 11.1 Å². The van der Waals surface area contributed by atoms with E-state index in [1.165, 1.54) is 12.1 Å². The molecule has 0 radical (unpaired) electrons. The summed E-state index contributed by atoms with van der Waals surface area (Å²) in [5.74, 6) is -1.17. The Labute approximate surface area is 231 Å². The van der Waals surface area contributed by atoms with Gasteiger partial charge in [-0.1, -0.05) is 58.0 Å².